The van der Waals surface area contributed by atoms with Crippen molar-refractivity contribution >= 4 is 17.5 Å². The van der Waals surface area contributed by atoms with E-state index in [4.69, 9.17) is 9.47 Å². The fraction of sp³-hybridized carbons (Fsp3) is 0.240. The zero-order chi connectivity index (χ0) is 19.8. The van der Waals surface area contributed by atoms with Crippen LogP contribution in [0.15, 0.2) is 78.9 Å². The highest BCUT2D eigenvalue weighted by atomic mass is 16.8. The minimum atomic E-state index is -0.863. The Hall–Kier alpha value is -3.11. The first-order valence-electron chi connectivity index (χ1n) is 10.1. The molecule has 0 aromatic heterocycles. The van der Waals surface area contributed by atoms with E-state index in [0.29, 0.717) is 6.42 Å². The summed E-state index contributed by atoms with van der Waals surface area (Å²) in [5.41, 5.74) is 5.29. The minimum absolute atomic E-state index is 0.183. The fourth-order valence-electron chi connectivity index (χ4n) is 4.32. The number of para-hydroxylation sites is 2. The maximum Gasteiger partial charge on any atom is 0.421 e. The Balaban J connectivity index is 1.46. The summed E-state index contributed by atoms with van der Waals surface area (Å²) in [5.74, 6) is -0.863. The van der Waals surface area contributed by atoms with Crippen LogP contribution in [0.3, 0.4) is 0 Å². The molecule has 5 rings (SSSR count). The van der Waals surface area contributed by atoms with Crippen LogP contribution in [0.5, 0.6) is 0 Å². The highest BCUT2D eigenvalue weighted by Crippen LogP contribution is 2.57. The van der Waals surface area contributed by atoms with Crippen molar-refractivity contribution in [1.82, 2.24) is 0 Å². The molecule has 0 spiro atoms. The van der Waals surface area contributed by atoms with Crippen molar-refractivity contribution in [2.75, 3.05) is 4.90 Å². The van der Waals surface area contributed by atoms with Crippen LogP contribution in [0.25, 0.3) is 0 Å². The highest BCUT2D eigenvalue weighted by Gasteiger charge is 2.62. The number of benzene rings is 3. The molecule has 29 heavy (non-hydrogen) atoms. The SMILES string of the molecule is Cc1cccc2c1CCCC1(OC(=O)N(c3ccccc3)c3ccccc3)OC21. The van der Waals surface area contributed by atoms with Crippen molar-refractivity contribution in [1.29, 1.82) is 0 Å². The van der Waals surface area contributed by atoms with Crippen molar-refractivity contribution < 1.29 is 14.3 Å². The lowest BCUT2D eigenvalue weighted by Gasteiger charge is -2.24. The van der Waals surface area contributed by atoms with E-state index in [9.17, 15) is 4.79 Å². The Labute approximate surface area is 170 Å². The lowest BCUT2D eigenvalue weighted by atomic mass is 9.97. The third-order valence-electron chi connectivity index (χ3n) is 5.81. The van der Waals surface area contributed by atoms with Crippen LogP contribution in [-0.2, 0) is 15.9 Å². The topological polar surface area (TPSA) is 42.1 Å². The Morgan fingerprint density at radius 1 is 0.966 bits per heavy atom. The molecule has 1 heterocycles. The smallest absolute Gasteiger partial charge is 0.413 e. The Kier molecular flexibility index (Phi) is 4.36. The van der Waals surface area contributed by atoms with Gasteiger partial charge in [0.1, 0.15) is 0 Å². The lowest BCUT2D eigenvalue weighted by molar-refractivity contribution is 0.00765. The van der Waals surface area contributed by atoms with Crippen LogP contribution >= 0.6 is 0 Å². The molecule has 2 atom stereocenters. The van der Waals surface area contributed by atoms with Gasteiger partial charge in [-0.2, -0.15) is 0 Å². The molecule has 1 aliphatic heterocycles. The Morgan fingerprint density at radius 3 is 2.28 bits per heavy atom. The van der Waals surface area contributed by atoms with Crippen molar-refractivity contribution in [3.8, 4) is 0 Å². The summed E-state index contributed by atoms with van der Waals surface area (Å²) in [4.78, 5) is 15.0. The van der Waals surface area contributed by atoms with E-state index in [0.717, 1.165) is 29.8 Å². The molecule has 4 nitrogen and oxygen atoms in total. The summed E-state index contributed by atoms with van der Waals surface area (Å²) in [5, 5.41) is 0. The van der Waals surface area contributed by atoms with Crippen LogP contribution in [0, 0.1) is 6.92 Å². The quantitative estimate of drug-likeness (QED) is 0.514. The lowest BCUT2D eigenvalue weighted by Crippen LogP contribution is -2.32. The second kappa shape index (κ2) is 7.05. The summed E-state index contributed by atoms with van der Waals surface area (Å²) < 4.78 is 12.1. The van der Waals surface area contributed by atoms with E-state index in [2.05, 4.69) is 19.1 Å². The number of anilines is 2. The molecule has 146 valence electrons. The van der Waals surface area contributed by atoms with E-state index in [1.54, 1.807) is 4.90 Å². The molecule has 4 heteroatoms. The van der Waals surface area contributed by atoms with E-state index < -0.39 is 11.9 Å². The minimum Gasteiger partial charge on any atom is -0.413 e. The molecule has 3 aromatic carbocycles. The molecule has 2 aliphatic rings. The maximum absolute atomic E-state index is 13.4. The maximum atomic E-state index is 13.4. The molecule has 0 N–H and O–H groups in total. The normalized spacial score (nSPS) is 22.0. The van der Waals surface area contributed by atoms with E-state index in [1.807, 2.05) is 66.7 Å². The van der Waals surface area contributed by atoms with Crippen LogP contribution in [-0.4, -0.2) is 11.9 Å². The van der Waals surface area contributed by atoms with E-state index in [1.165, 1.54) is 11.1 Å². The number of nitrogens with zero attached hydrogens (tertiary/aromatic N) is 1. The number of carbonyl (C=O) groups is 1. The predicted octanol–water partition coefficient (Wildman–Crippen LogP) is 6.07. The standard InChI is InChI=1S/C25H23NO3/c1-18-10-8-15-22-21(18)16-9-17-25(23(22)28-25)29-24(27)26(19-11-4-2-5-12-19)20-13-6-3-7-14-20/h2-8,10-15,23H,9,16-17H2,1H3. The van der Waals surface area contributed by atoms with Gasteiger partial charge in [0.05, 0.1) is 11.4 Å². The zero-order valence-corrected chi connectivity index (χ0v) is 16.4. The van der Waals surface area contributed by atoms with Crippen LogP contribution in [0.2, 0.25) is 0 Å². The van der Waals surface area contributed by atoms with E-state index >= 15 is 0 Å². The van der Waals surface area contributed by atoms with Gasteiger partial charge < -0.3 is 9.47 Å². The zero-order valence-electron chi connectivity index (χ0n) is 16.4. The molecule has 0 bridgehead atoms. The van der Waals surface area contributed by atoms with E-state index in [-0.39, 0.29) is 6.10 Å². The van der Waals surface area contributed by atoms with Gasteiger partial charge in [0.15, 0.2) is 6.10 Å². The van der Waals surface area contributed by atoms with Crippen molar-refractivity contribution in [3.63, 3.8) is 0 Å². The van der Waals surface area contributed by atoms with Crippen molar-refractivity contribution in [3.05, 3.63) is 95.6 Å². The second-order valence-electron chi connectivity index (χ2n) is 7.68. The van der Waals surface area contributed by atoms with Gasteiger partial charge in [0, 0.05) is 6.42 Å². The summed E-state index contributed by atoms with van der Waals surface area (Å²) in [6.45, 7) is 2.13. The van der Waals surface area contributed by atoms with Crippen molar-refractivity contribution in [2.24, 2.45) is 0 Å². The first-order chi connectivity index (χ1) is 14.2. The molecule has 3 aromatic rings. The van der Waals surface area contributed by atoms with Crippen LogP contribution in [0.1, 0.15) is 35.6 Å². The van der Waals surface area contributed by atoms with Crippen LogP contribution in [0.4, 0.5) is 16.2 Å². The van der Waals surface area contributed by atoms with Crippen molar-refractivity contribution in [2.45, 2.75) is 38.1 Å². The van der Waals surface area contributed by atoms with Gasteiger partial charge in [-0.1, -0.05) is 54.6 Å². The number of hydrogen-bond donors (Lipinski definition) is 0. The molecule has 1 amide bonds. The van der Waals surface area contributed by atoms with Gasteiger partial charge >= 0.3 is 6.09 Å². The summed E-state index contributed by atoms with van der Waals surface area (Å²) in [6.07, 6.45) is 2.02. The number of aryl methyl sites for hydroxylation is 1. The molecule has 1 saturated heterocycles. The molecular formula is C25H23NO3. The number of fused-ring (bicyclic) bond motifs is 3. The number of rotatable bonds is 3. The monoisotopic (exact) mass is 385 g/mol. The molecule has 0 saturated carbocycles. The van der Waals surface area contributed by atoms with Gasteiger partial charge in [0.2, 0.25) is 5.79 Å². The number of epoxide rings is 1. The van der Waals surface area contributed by atoms with Gasteiger partial charge in [-0.05, 0) is 60.7 Å². The average Bonchev–Trinajstić information content (AvgIpc) is 3.45. The molecule has 1 aliphatic carbocycles. The highest BCUT2D eigenvalue weighted by molar-refractivity contribution is 5.96. The molecule has 2 unspecified atom stereocenters. The largest absolute Gasteiger partial charge is 0.421 e. The first kappa shape index (κ1) is 18.0. The van der Waals surface area contributed by atoms with Gasteiger partial charge in [-0.3, -0.25) is 0 Å². The number of carbonyl (C=O) groups excluding carboxylic acids is 1. The molecule has 0 radical (unpaired) electrons. The predicted molar refractivity (Wildman–Crippen MR) is 112 cm³/mol. The molecular weight excluding hydrogens is 362 g/mol. The summed E-state index contributed by atoms with van der Waals surface area (Å²) in [6, 6.07) is 25.4. The number of hydrogen-bond acceptors (Lipinski definition) is 3. The Bertz CT molecular complexity index is 995. The summed E-state index contributed by atoms with van der Waals surface area (Å²) >= 11 is 0. The van der Waals surface area contributed by atoms with Gasteiger partial charge in [-0.25, -0.2) is 9.69 Å². The van der Waals surface area contributed by atoms with Crippen LogP contribution < -0.4 is 4.90 Å². The number of amides is 1. The number of ether oxygens (including phenoxy) is 2. The third kappa shape index (κ3) is 3.19. The van der Waals surface area contributed by atoms with Gasteiger partial charge in [-0.15, -0.1) is 0 Å². The third-order valence-corrected chi connectivity index (χ3v) is 5.81. The summed E-state index contributed by atoms with van der Waals surface area (Å²) in [7, 11) is 0. The van der Waals surface area contributed by atoms with Gasteiger partial charge in [0.25, 0.3) is 0 Å². The molecule has 1 fully saturated rings. The Morgan fingerprint density at radius 2 is 1.62 bits per heavy atom. The first-order valence-corrected chi connectivity index (χ1v) is 10.1. The average molecular weight is 385 g/mol. The fourth-order valence-corrected chi connectivity index (χ4v) is 4.32. The second-order valence-corrected chi connectivity index (χ2v) is 7.68.